The Hall–Kier alpha value is -1.29. The SMILES string of the molecule is CCOC(=O)CCc1cc(CCC[N+](C)(C)C)c[nH]1. The lowest BCUT2D eigenvalue weighted by Gasteiger charge is -2.23. The number of quaternary nitrogens is 1. The van der Waals surface area contributed by atoms with Gasteiger partial charge < -0.3 is 14.2 Å². The topological polar surface area (TPSA) is 42.1 Å². The Morgan fingerprint density at radius 3 is 2.68 bits per heavy atom. The number of aromatic amines is 1. The summed E-state index contributed by atoms with van der Waals surface area (Å²) in [5.41, 5.74) is 2.45. The quantitative estimate of drug-likeness (QED) is 0.579. The van der Waals surface area contributed by atoms with Crippen molar-refractivity contribution in [3.63, 3.8) is 0 Å². The number of nitrogens with one attached hydrogen (secondary N) is 1. The third kappa shape index (κ3) is 7.01. The zero-order chi connectivity index (χ0) is 14.3. The molecule has 0 spiro atoms. The normalized spacial score (nSPS) is 11.6. The summed E-state index contributed by atoms with van der Waals surface area (Å²) in [5, 5.41) is 0. The maximum atomic E-state index is 11.3. The predicted octanol–water partition coefficient (Wildman–Crippen LogP) is 2.15. The molecule has 0 aliphatic rings. The Bertz CT molecular complexity index is 391. The zero-order valence-electron chi connectivity index (χ0n) is 12.7. The van der Waals surface area contributed by atoms with Gasteiger partial charge >= 0.3 is 5.97 Å². The summed E-state index contributed by atoms with van der Waals surface area (Å²) >= 11 is 0. The van der Waals surface area contributed by atoms with Crippen molar-refractivity contribution in [3.8, 4) is 0 Å². The van der Waals surface area contributed by atoms with Crippen LogP contribution in [-0.4, -0.2) is 49.7 Å². The molecule has 1 aromatic heterocycles. The van der Waals surface area contributed by atoms with Gasteiger partial charge in [-0.05, 0) is 31.4 Å². The number of carbonyl (C=O) groups excluding carboxylic acids is 1. The number of H-pyrrole nitrogens is 1. The van der Waals surface area contributed by atoms with Gasteiger partial charge in [-0.25, -0.2) is 0 Å². The summed E-state index contributed by atoms with van der Waals surface area (Å²) in [7, 11) is 6.63. The summed E-state index contributed by atoms with van der Waals surface area (Å²) in [6.45, 7) is 3.46. The fourth-order valence-corrected chi connectivity index (χ4v) is 2.01. The first-order valence-electron chi connectivity index (χ1n) is 7.03. The highest BCUT2D eigenvalue weighted by Gasteiger charge is 2.08. The fraction of sp³-hybridized carbons (Fsp3) is 0.667. The summed E-state index contributed by atoms with van der Waals surface area (Å²) in [5.74, 6) is -0.122. The fourth-order valence-electron chi connectivity index (χ4n) is 2.01. The maximum Gasteiger partial charge on any atom is 0.306 e. The van der Waals surface area contributed by atoms with E-state index in [1.807, 2.05) is 6.92 Å². The largest absolute Gasteiger partial charge is 0.466 e. The van der Waals surface area contributed by atoms with Crippen LogP contribution >= 0.6 is 0 Å². The van der Waals surface area contributed by atoms with E-state index in [9.17, 15) is 4.79 Å². The van der Waals surface area contributed by atoms with Gasteiger partial charge in [0, 0.05) is 18.3 Å². The minimum Gasteiger partial charge on any atom is -0.466 e. The van der Waals surface area contributed by atoms with Crippen molar-refractivity contribution in [2.75, 3.05) is 34.3 Å². The first kappa shape index (κ1) is 15.8. The molecule has 0 aliphatic carbocycles. The molecule has 108 valence electrons. The van der Waals surface area contributed by atoms with Crippen LogP contribution in [0.15, 0.2) is 12.3 Å². The Kier molecular flexibility index (Phi) is 6.09. The molecule has 0 bridgehead atoms. The van der Waals surface area contributed by atoms with E-state index < -0.39 is 0 Å². The molecule has 0 radical (unpaired) electrons. The number of rotatable bonds is 8. The number of aromatic nitrogens is 1. The molecule has 0 saturated heterocycles. The van der Waals surface area contributed by atoms with E-state index in [4.69, 9.17) is 4.74 Å². The molecule has 0 amide bonds. The molecular formula is C15H27N2O2+. The summed E-state index contributed by atoms with van der Waals surface area (Å²) in [6.07, 6.45) is 5.50. The number of hydrogen-bond acceptors (Lipinski definition) is 2. The van der Waals surface area contributed by atoms with Crippen LogP contribution < -0.4 is 0 Å². The number of ether oxygens (including phenoxy) is 1. The van der Waals surface area contributed by atoms with Crippen molar-refractivity contribution >= 4 is 5.97 Å². The van der Waals surface area contributed by atoms with Crippen molar-refractivity contribution in [2.45, 2.75) is 32.6 Å². The lowest BCUT2D eigenvalue weighted by atomic mass is 10.1. The van der Waals surface area contributed by atoms with Gasteiger partial charge in [-0.2, -0.15) is 0 Å². The third-order valence-corrected chi connectivity index (χ3v) is 3.00. The van der Waals surface area contributed by atoms with Gasteiger partial charge in [0.2, 0.25) is 0 Å². The minimum atomic E-state index is -0.122. The van der Waals surface area contributed by atoms with Gasteiger partial charge in [0.15, 0.2) is 0 Å². The van der Waals surface area contributed by atoms with Gasteiger partial charge in [0.1, 0.15) is 0 Å². The number of carbonyl (C=O) groups is 1. The van der Waals surface area contributed by atoms with Crippen LogP contribution in [0.1, 0.15) is 31.0 Å². The van der Waals surface area contributed by atoms with E-state index in [-0.39, 0.29) is 5.97 Å². The van der Waals surface area contributed by atoms with Gasteiger partial charge in [-0.15, -0.1) is 0 Å². The molecule has 1 rings (SSSR count). The minimum absolute atomic E-state index is 0.122. The highest BCUT2D eigenvalue weighted by Crippen LogP contribution is 2.09. The molecule has 0 fully saturated rings. The van der Waals surface area contributed by atoms with E-state index in [1.54, 1.807) is 0 Å². The number of nitrogens with zero attached hydrogens (tertiary/aromatic N) is 1. The standard InChI is InChI=1S/C15H27N2O2/c1-5-19-15(18)9-8-14-11-13(12-16-14)7-6-10-17(2,3)4/h11-12,16H,5-10H2,1-4H3/q+1. The average molecular weight is 267 g/mol. The number of aryl methyl sites for hydroxylation is 2. The van der Waals surface area contributed by atoms with E-state index in [2.05, 4.69) is 38.4 Å². The van der Waals surface area contributed by atoms with Gasteiger partial charge in [0.25, 0.3) is 0 Å². The molecule has 4 heteroatoms. The predicted molar refractivity (Wildman–Crippen MR) is 77.0 cm³/mol. The van der Waals surface area contributed by atoms with Crippen LogP contribution in [0.2, 0.25) is 0 Å². The Morgan fingerprint density at radius 1 is 1.32 bits per heavy atom. The van der Waals surface area contributed by atoms with Gasteiger partial charge in [0.05, 0.1) is 40.7 Å². The molecule has 0 saturated carbocycles. The highest BCUT2D eigenvalue weighted by molar-refractivity contribution is 5.69. The van der Waals surface area contributed by atoms with Crippen molar-refractivity contribution < 1.29 is 14.0 Å². The summed E-state index contributed by atoms with van der Waals surface area (Å²) in [6, 6.07) is 2.16. The van der Waals surface area contributed by atoms with Crippen LogP contribution in [0.3, 0.4) is 0 Å². The van der Waals surface area contributed by atoms with E-state index in [1.165, 1.54) is 18.5 Å². The zero-order valence-corrected chi connectivity index (χ0v) is 12.7. The molecule has 0 unspecified atom stereocenters. The second-order valence-corrected chi connectivity index (χ2v) is 5.96. The van der Waals surface area contributed by atoms with Crippen molar-refractivity contribution in [1.82, 2.24) is 4.98 Å². The molecule has 0 aromatic carbocycles. The molecule has 0 aliphatic heterocycles. The smallest absolute Gasteiger partial charge is 0.306 e. The van der Waals surface area contributed by atoms with Crippen LogP contribution in [-0.2, 0) is 22.4 Å². The number of hydrogen-bond donors (Lipinski definition) is 1. The second-order valence-electron chi connectivity index (χ2n) is 5.96. The molecule has 0 atom stereocenters. The molecule has 1 heterocycles. The molecule has 19 heavy (non-hydrogen) atoms. The van der Waals surface area contributed by atoms with E-state index in [0.717, 1.165) is 23.0 Å². The molecule has 4 nitrogen and oxygen atoms in total. The maximum absolute atomic E-state index is 11.3. The monoisotopic (exact) mass is 267 g/mol. The Balaban J connectivity index is 2.30. The van der Waals surface area contributed by atoms with Crippen molar-refractivity contribution in [1.29, 1.82) is 0 Å². The number of esters is 1. The molecule has 1 N–H and O–H groups in total. The van der Waals surface area contributed by atoms with E-state index in [0.29, 0.717) is 13.0 Å². The van der Waals surface area contributed by atoms with Crippen LogP contribution in [0.25, 0.3) is 0 Å². The first-order valence-corrected chi connectivity index (χ1v) is 7.03. The highest BCUT2D eigenvalue weighted by atomic mass is 16.5. The van der Waals surface area contributed by atoms with Crippen molar-refractivity contribution in [3.05, 3.63) is 23.5 Å². The van der Waals surface area contributed by atoms with Crippen molar-refractivity contribution in [2.24, 2.45) is 0 Å². The Labute approximate surface area is 116 Å². The average Bonchev–Trinajstić information content (AvgIpc) is 2.73. The lowest BCUT2D eigenvalue weighted by molar-refractivity contribution is -0.870. The third-order valence-electron chi connectivity index (χ3n) is 3.00. The lowest BCUT2D eigenvalue weighted by Crippen LogP contribution is -2.35. The first-order chi connectivity index (χ1) is 8.90. The molecule has 1 aromatic rings. The van der Waals surface area contributed by atoms with Crippen LogP contribution in [0, 0.1) is 0 Å². The van der Waals surface area contributed by atoms with Gasteiger partial charge in [-0.3, -0.25) is 4.79 Å². The van der Waals surface area contributed by atoms with Crippen LogP contribution in [0.4, 0.5) is 0 Å². The summed E-state index contributed by atoms with van der Waals surface area (Å²) < 4.78 is 5.92. The van der Waals surface area contributed by atoms with Crippen LogP contribution in [0.5, 0.6) is 0 Å². The summed E-state index contributed by atoms with van der Waals surface area (Å²) in [4.78, 5) is 14.5. The second kappa shape index (κ2) is 7.34. The Morgan fingerprint density at radius 2 is 2.05 bits per heavy atom. The van der Waals surface area contributed by atoms with E-state index >= 15 is 0 Å². The molecular weight excluding hydrogens is 240 g/mol. The van der Waals surface area contributed by atoms with Gasteiger partial charge in [-0.1, -0.05) is 0 Å².